The summed E-state index contributed by atoms with van der Waals surface area (Å²) in [5.41, 5.74) is 2.19. The summed E-state index contributed by atoms with van der Waals surface area (Å²) < 4.78 is 11.2. The van der Waals surface area contributed by atoms with E-state index in [-0.39, 0.29) is 18.7 Å². The molecule has 0 saturated heterocycles. The van der Waals surface area contributed by atoms with Gasteiger partial charge in [-0.15, -0.1) is 0 Å². The lowest BCUT2D eigenvalue weighted by molar-refractivity contribution is 0.142. The van der Waals surface area contributed by atoms with Gasteiger partial charge in [-0.3, -0.25) is 0 Å². The molecule has 0 amide bonds. The zero-order chi connectivity index (χ0) is 15.2. The molecule has 0 saturated carbocycles. The van der Waals surface area contributed by atoms with Gasteiger partial charge < -0.3 is 19.6 Å². The molecule has 1 aromatic heterocycles. The minimum Gasteiger partial charge on any atom is -0.459 e. The van der Waals surface area contributed by atoms with Crippen LogP contribution < -0.4 is 5.32 Å². The van der Waals surface area contributed by atoms with Crippen molar-refractivity contribution >= 4 is 11.0 Å². The Morgan fingerprint density at radius 2 is 2.10 bits per heavy atom. The summed E-state index contributed by atoms with van der Waals surface area (Å²) in [6.07, 6.45) is 1.60. The number of para-hydroxylation sites is 1. The predicted octanol–water partition coefficient (Wildman–Crippen LogP) is 3.04. The van der Waals surface area contributed by atoms with Crippen LogP contribution in [-0.4, -0.2) is 31.5 Å². The number of aliphatic hydroxyl groups is 1. The van der Waals surface area contributed by atoms with Crippen molar-refractivity contribution in [1.82, 2.24) is 5.32 Å². The van der Waals surface area contributed by atoms with Crippen LogP contribution in [0.15, 0.2) is 28.7 Å². The number of hydrogen-bond acceptors (Lipinski definition) is 4. The minimum atomic E-state index is 0.0825. The van der Waals surface area contributed by atoms with E-state index in [1.807, 2.05) is 18.2 Å². The molecule has 21 heavy (non-hydrogen) atoms. The number of benzene rings is 1. The number of hydrogen-bond donors (Lipinski definition) is 2. The molecule has 2 atom stereocenters. The highest BCUT2D eigenvalue weighted by atomic mass is 16.5. The van der Waals surface area contributed by atoms with Crippen LogP contribution in [0.1, 0.15) is 37.6 Å². The first-order chi connectivity index (χ1) is 10.2. The third-order valence-electron chi connectivity index (χ3n) is 3.81. The van der Waals surface area contributed by atoms with E-state index in [0.29, 0.717) is 13.0 Å². The first-order valence-corrected chi connectivity index (χ1v) is 7.57. The number of aryl methyl sites for hydroxylation is 1. The number of furan rings is 1. The summed E-state index contributed by atoms with van der Waals surface area (Å²) in [4.78, 5) is 0. The lowest BCUT2D eigenvalue weighted by Gasteiger charge is -2.21. The smallest absolute Gasteiger partial charge is 0.134 e. The molecule has 1 aromatic carbocycles. The Bertz CT molecular complexity index is 558. The summed E-state index contributed by atoms with van der Waals surface area (Å²) in [5, 5.41) is 13.8. The lowest BCUT2D eigenvalue weighted by atomic mass is 10.0. The molecule has 0 fully saturated rings. The van der Waals surface area contributed by atoms with Gasteiger partial charge in [-0.2, -0.15) is 0 Å². The van der Waals surface area contributed by atoms with Crippen molar-refractivity contribution in [3.8, 4) is 0 Å². The zero-order valence-electron chi connectivity index (χ0n) is 13.1. The molecule has 0 aliphatic heterocycles. The third-order valence-corrected chi connectivity index (χ3v) is 3.81. The molecule has 0 bridgehead atoms. The van der Waals surface area contributed by atoms with Crippen LogP contribution in [0.4, 0.5) is 0 Å². The average Bonchev–Trinajstić information content (AvgIpc) is 2.86. The maximum Gasteiger partial charge on any atom is 0.134 e. The van der Waals surface area contributed by atoms with Gasteiger partial charge in [-0.1, -0.05) is 25.1 Å². The monoisotopic (exact) mass is 291 g/mol. The standard InChI is InChI=1S/C17H25NO3/c1-4-14-15-7-5-6-8-16(15)21-17(14)12(2)18-13(9-10-19)11-20-3/h5-8,12-13,18-19H,4,9-11H2,1-3H3. The molecule has 116 valence electrons. The van der Waals surface area contributed by atoms with Crippen molar-refractivity contribution in [3.63, 3.8) is 0 Å². The first kappa shape index (κ1) is 16.0. The fourth-order valence-electron chi connectivity index (χ4n) is 2.83. The van der Waals surface area contributed by atoms with Crippen molar-refractivity contribution in [2.24, 2.45) is 0 Å². The van der Waals surface area contributed by atoms with Gasteiger partial charge in [0.05, 0.1) is 12.6 Å². The van der Waals surface area contributed by atoms with Crippen LogP contribution >= 0.6 is 0 Å². The first-order valence-electron chi connectivity index (χ1n) is 7.57. The van der Waals surface area contributed by atoms with Gasteiger partial charge in [-0.25, -0.2) is 0 Å². The molecule has 2 aromatic rings. The molecular formula is C17H25NO3. The highest BCUT2D eigenvalue weighted by Crippen LogP contribution is 2.30. The summed E-state index contributed by atoms with van der Waals surface area (Å²) in [7, 11) is 1.68. The second-order valence-corrected chi connectivity index (χ2v) is 5.35. The van der Waals surface area contributed by atoms with E-state index in [9.17, 15) is 0 Å². The molecule has 2 N–H and O–H groups in total. The van der Waals surface area contributed by atoms with Crippen molar-refractivity contribution in [1.29, 1.82) is 0 Å². The van der Waals surface area contributed by atoms with E-state index >= 15 is 0 Å². The maximum absolute atomic E-state index is 9.14. The van der Waals surface area contributed by atoms with Crippen molar-refractivity contribution in [3.05, 3.63) is 35.6 Å². The Morgan fingerprint density at radius 1 is 1.33 bits per heavy atom. The molecule has 2 rings (SSSR count). The number of methoxy groups -OCH3 is 1. The summed E-state index contributed by atoms with van der Waals surface area (Å²) in [6, 6.07) is 8.34. The number of fused-ring (bicyclic) bond motifs is 1. The molecule has 0 aliphatic rings. The molecule has 0 aliphatic carbocycles. The van der Waals surface area contributed by atoms with E-state index in [2.05, 4.69) is 25.2 Å². The average molecular weight is 291 g/mol. The van der Waals surface area contributed by atoms with E-state index < -0.39 is 0 Å². The van der Waals surface area contributed by atoms with Gasteiger partial charge >= 0.3 is 0 Å². The highest BCUT2D eigenvalue weighted by Gasteiger charge is 2.20. The van der Waals surface area contributed by atoms with E-state index in [1.54, 1.807) is 7.11 Å². The molecule has 4 nitrogen and oxygen atoms in total. The largest absolute Gasteiger partial charge is 0.459 e. The fraction of sp³-hybridized carbons (Fsp3) is 0.529. The topological polar surface area (TPSA) is 54.6 Å². The molecule has 1 heterocycles. The summed E-state index contributed by atoms with van der Waals surface area (Å²) >= 11 is 0. The van der Waals surface area contributed by atoms with Crippen molar-refractivity contribution in [2.45, 2.75) is 38.8 Å². The van der Waals surface area contributed by atoms with Crippen LogP contribution in [0.5, 0.6) is 0 Å². The number of aliphatic hydroxyl groups excluding tert-OH is 1. The van der Waals surface area contributed by atoms with Crippen LogP contribution in [0, 0.1) is 0 Å². The second-order valence-electron chi connectivity index (χ2n) is 5.35. The summed E-state index contributed by atoms with van der Waals surface area (Å²) in [6.45, 7) is 4.96. The molecule has 4 heteroatoms. The molecule has 0 radical (unpaired) electrons. The second kappa shape index (κ2) is 7.59. The van der Waals surface area contributed by atoms with E-state index in [1.165, 1.54) is 10.9 Å². The van der Waals surface area contributed by atoms with Gasteiger partial charge in [0.15, 0.2) is 0 Å². The Labute approximate surface area is 126 Å². The van der Waals surface area contributed by atoms with E-state index in [0.717, 1.165) is 17.8 Å². The van der Waals surface area contributed by atoms with Gasteiger partial charge in [0.1, 0.15) is 11.3 Å². The molecular weight excluding hydrogens is 266 g/mol. The fourth-order valence-corrected chi connectivity index (χ4v) is 2.83. The van der Waals surface area contributed by atoms with Crippen molar-refractivity contribution < 1.29 is 14.3 Å². The Hall–Kier alpha value is -1.36. The SMILES string of the molecule is CCc1c(C(C)NC(CCO)COC)oc2ccccc12. The Kier molecular flexibility index (Phi) is 5.79. The van der Waals surface area contributed by atoms with Gasteiger partial charge in [-0.05, 0) is 25.8 Å². The Balaban J connectivity index is 2.23. The number of nitrogens with one attached hydrogen (secondary N) is 1. The van der Waals surface area contributed by atoms with Gasteiger partial charge in [0.25, 0.3) is 0 Å². The zero-order valence-corrected chi connectivity index (χ0v) is 13.1. The van der Waals surface area contributed by atoms with Gasteiger partial charge in [0.2, 0.25) is 0 Å². The maximum atomic E-state index is 9.14. The minimum absolute atomic E-state index is 0.0825. The Morgan fingerprint density at radius 3 is 2.76 bits per heavy atom. The molecule has 2 unspecified atom stereocenters. The number of rotatable bonds is 8. The van der Waals surface area contributed by atoms with E-state index in [4.69, 9.17) is 14.3 Å². The quantitative estimate of drug-likeness (QED) is 0.785. The molecule has 0 spiro atoms. The summed E-state index contributed by atoms with van der Waals surface area (Å²) in [5.74, 6) is 0.984. The number of ether oxygens (including phenoxy) is 1. The van der Waals surface area contributed by atoms with Crippen LogP contribution in [0.2, 0.25) is 0 Å². The third kappa shape index (κ3) is 3.64. The highest BCUT2D eigenvalue weighted by molar-refractivity contribution is 5.82. The predicted molar refractivity (Wildman–Crippen MR) is 84.5 cm³/mol. The van der Waals surface area contributed by atoms with Crippen LogP contribution in [0.3, 0.4) is 0 Å². The lowest BCUT2D eigenvalue weighted by Crippen LogP contribution is -2.36. The van der Waals surface area contributed by atoms with Gasteiger partial charge in [0, 0.05) is 30.7 Å². The van der Waals surface area contributed by atoms with Crippen molar-refractivity contribution in [2.75, 3.05) is 20.3 Å². The van der Waals surface area contributed by atoms with Crippen LogP contribution in [-0.2, 0) is 11.2 Å². The van der Waals surface area contributed by atoms with Crippen LogP contribution in [0.25, 0.3) is 11.0 Å². The normalized spacial score (nSPS) is 14.5.